The zero-order valence-corrected chi connectivity index (χ0v) is 15.3. The highest BCUT2D eigenvalue weighted by molar-refractivity contribution is 14.1. The third-order valence-corrected chi connectivity index (χ3v) is 5.15. The van der Waals surface area contributed by atoms with Crippen molar-refractivity contribution in [3.8, 4) is 0 Å². The van der Waals surface area contributed by atoms with Crippen LogP contribution in [0.5, 0.6) is 0 Å². The van der Waals surface area contributed by atoms with Gasteiger partial charge in [-0.3, -0.25) is 4.79 Å². The van der Waals surface area contributed by atoms with Crippen LogP contribution >= 0.6 is 34.2 Å². The number of hydrogen-bond acceptors (Lipinski definition) is 2. The van der Waals surface area contributed by atoms with Crippen LogP contribution in [0.1, 0.15) is 43.0 Å². The van der Waals surface area contributed by atoms with Crippen LogP contribution in [0.3, 0.4) is 0 Å². The quantitative estimate of drug-likeness (QED) is 0.578. The molecule has 0 aliphatic carbocycles. The van der Waals surface area contributed by atoms with Crippen LogP contribution in [-0.2, 0) is 0 Å². The molecule has 2 rings (SSSR count). The second-order valence-corrected chi connectivity index (χ2v) is 7.21. The van der Waals surface area contributed by atoms with Gasteiger partial charge in [-0.2, -0.15) is 0 Å². The summed E-state index contributed by atoms with van der Waals surface area (Å²) in [6.45, 7) is 5.29. The van der Waals surface area contributed by atoms with E-state index in [1.165, 1.54) is 25.8 Å². The molecule has 3 nitrogen and oxygen atoms in total. The molecule has 116 valence electrons. The average molecular weight is 421 g/mol. The summed E-state index contributed by atoms with van der Waals surface area (Å²) in [7, 11) is 0. The summed E-state index contributed by atoms with van der Waals surface area (Å²) in [5, 5.41) is 3.66. The number of nitrogens with zero attached hydrogens (tertiary/aromatic N) is 1. The van der Waals surface area contributed by atoms with Crippen molar-refractivity contribution in [2.45, 2.75) is 38.6 Å². The second-order valence-electron chi connectivity index (χ2n) is 5.61. The predicted octanol–water partition coefficient (Wildman–Crippen LogP) is 3.94. The molecule has 1 aliphatic heterocycles. The molecule has 1 amide bonds. The topological polar surface area (TPSA) is 32.3 Å². The Morgan fingerprint density at radius 1 is 1.48 bits per heavy atom. The lowest BCUT2D eigenvalue weighted by molar-refractivity contribution is 0.0948. The van der Waals surface area contributed by atoms with Crippen LogP contribution in [0.4, 0.5) is 0 Å². The van der Waals surface area contributed by atoms with Crippen molar-refractivity contribution in [1.29, 1.82) is 0 Å². The van der Waals surface area contributed by atoms with Crippen molar-refractivity contribution in [3.63, 3.8) is 0 Å². The Kier molecular flexibility index (Phi) is 6.76. The molecule has 5 heteroatoms. The van der Waals surface area contributed by atoms with Gasteiger partial charge in [-0.25, -0.2) is 0 Å². The molecule has 1 heterocycles. The Hall–Kier alpha value is -0.330. The third kappa shape index (κ3) is 5.11. The lowest BCUT2D eigenvalue weighted by atomic mass is 10.0. The summed E-state index contributed by atoms with van der Waals surface area (Å²) >= 11 is 8.05. The lowest BCUT2D eigenvalue weighted by Gasteiger charge is -2.33. The maximum absolute atomic E-state index is 12.1. The molecule has 1 aromatic carbocycles. The number of halogens is 2. The van der Waals surface area contributed by atoms with Gasteiger partial charge in [0.1, 0.15) is 0 Å². The maximum Gasteiger partial charge on any atom is 0.252 e. The van der Waals surface area contributed by atoms with Gasteiger partial charge in [0.15, 0.2) is 0 Å². The molecule has 1 atom stereocenters. The number of nitrogens with one attached hydrogen (secondary N) is 1. The van der Waals surface area contributed by atoms with Crippen LogP contribution in [0.2, 0.25) is 5.02 Å². The fraction of sp³-hybridized carbons (Fsp3) is 0.562. The highest BCUT2D eigenvalue weighted by Gasteiger charge is 2.17. The molecule has 1 saturated heterocycles. The number of rotatable bonds is 5. The zero-order chi connectivity index (χ0) is 15.2. The Morgan fingerprint density at radius 2 is 2.29 bits per heavy atom. The second kappa shape index (κ2) is 8.34. The standard InChI is InChI=1S/C16H22ClIN2O/c1-12-5-2-3-9-20(12)10-4-8-19-16(21)14-7-6-13(17)11-15(14)18/h6-7,11-12H,2-5,8-10H2,1H3,(H,19,21). The Balaban J connectivity index is 1.74. The number of amides is 1. The fourth-order valence-electron chi connectivity index (χ4n) is 2.74. The van der Waals surface area contributed by atoms with E-state index in [9.17, 15) is 4.79 Å². The van der Waals surface area contributed by atoms with E-state index in [2.05, 4.69) is 39.7 Å². The van der Waals surface area contributed by atoms with E-state index < -0.39 is 0 Å². The molecule has 0 bridgehead atoms. The number of piperidine rings is 1. The zero-order valence-electron chi connectivity index (χ0n) is 12.4. The Morgan fingerprint density at radius 3 is 3.00 bits per heavy atom. The van der Waals surface area contributed by atoms with Crippen molar-refractivity contribution in [2.75, 3.05) is 19.6 Å². The van der Waals surface area contributed by atoms with Gasteiger partial charge in [-0.15, -0.1) is 0 Å². The highest BCUT2D eigenvalue weighted by atomic mass is 127. The first kappa shape index (κ1) is 17.0. The van der Waals surface area contributed by atoms with E-state index in [0.717, 1.165) is 23.1 Å². The largest absolute Gasteiger partial charge is 0.352 e. The average Bonchev–Trinajstić information content (AvgIpc) is 2.45. The molecule has 1 aromatic rings. The van der Waals surface area contributed by atoms with Gasteiger partial charge in [0.25, 0.3) is 5.91 Å². The van der Waals surface area contributed by atoms with E-state index >= 15 is 0 Å². The van der Waals surface area contributed by atoms with Gasteiger partial charge in [0, 0.05) is 27.7 Å². The predicted molar refractivity (Wildman–Crippen MR) is 96.0 cm³/mol. The van der Waals surface area contributed by atoms with Crippen LogP contribution < -0.4 is 5.32 Å². The molecular weight excluding hydrogens is 399 g/mol. The fourth-order valence-corrected chi connectivity index (χ4v) is 3.86. The van der Waals surface area contributed by atoms with E-state index in [1.807, 2.05) is 6.07 Å². The molecule has 1 aliphatic rings. The van der Waals surface area contributed by atoms with E-state index in [0.29, 0.717) is 16.6 Å². The normalized spacial score (nSPS) is 19.5. The summed E-state index contributed by atoms with van der Waals surface area (Å²) in [4.78, 5) is 14.6. The lowest BCUT2D eigenvalue weighted by Crippen LogP contribution is -2.39. The first-order valence-electron chi connectivity index (χ1n) is 7.55. The number of hydrogen-bond donors (Lipinski definition) is 1. The highest BCUT2D eigenvalue weighted by Crippen LogP contribution is 2.18. The number of carbonyl (C=O) groups is 1. The van der Waals surface area contributed by atoms with Crippen LogP contribution in [-0.4, -0.2) is 36.5 Å². The summed E-state index contributed by atoms with van der Waals surface area (Å²) in [6, 6.07) is 6.04. The molecule has 1 N–H and O–H groups in total. The molecule has 0 spiro atoms. The maximum atomic E-state index is 12.1. The van der Waals surface area contributed by atoms with Gasteiger partial charge >= 0.3 is 0 Å². The van der Waals surface area contributed by atoms with Crippen molar-refractivity contribution >= 4 is 40.1 Å². The monoisotopic (exact) mass is 420 g/mol. The van der Waals surface area contributed by atoms with E-state index in [-0.39, 0.29) is 5.91 Å². The van der Waals surface area contributed by atoms with Crippen molar-refractivity contribution in [2.24, 2.45) is 0 Å². The minimum absolute atomic E-state index is 0.0113. The number of likely N-dealkylation sites (tertiary alicyclic amines) is 1. The molecular formula is C16H22ClIN2O. The van der Waals surface area contributed by atoms with Crippen LogP contribution in [0, 0.1) is 3.57 Å². The van der Waals surface area contributed by atoms with Gasteiger partial charge < -0.3 is 10.2 Å². The van der Waals surface area contributed by atoms with Crippen LogP contribution in [0.15, 0.2) is 18.2 Å². The SMILES string of the molecule is CC1CCCCN1CCCNC(=O)c1ccc(Cl)cc1I. The smallest absolute Gasteiger partial charge is 0.252 e. The van der Waals surface area contributed by atoms with Gasteiger partial charge in [-0.1, -0.05) is 18.0 Å². The summed E-state index contributed by atoms with van der Waals surface area (Å²) < 4.78 is 0.891. The molecule has 0 saturated carbocycles. The first-order valence-corrected chi connectivity index (χ1v) is 9.01. The van der Waals surface area contributed by atoms with Gasteiger partial charge in [-0.05, 0) is 73.5 Å². The first-order chi connectivity index (χ1) is 10.1. The van der Waals surface area contributed by atoms with Crippen molar-refractivity contribution in [1.82, 2.24) is 10.2 Å². The molecule has 1 unspecified atom stereocenters. The van der Waals surface area contributed by atoms with Crippen molar-refractivity contribution in [3.05, 3.63) is 32.4 Å². The molecule has 0 radical (unpaired) electrons. The molecule has 21 heavy (non-hydrogen) atoms. The summed E-state index contributed by atoms with van der Waals surface area (Å²) in [6.07, 6.45) is 4.96. The van der Waals surface area contributed by atoms with E-state index in [1.54, 1.807) is 12.1 Å². The van der Waals surface area contributed by atoms with E-state index in [4.69, 9.17) is 11.6 Å². The third-order valence-electron chi connectivity index (χ3n) is 4.02. The summed E-state index contributed by atoms with van der Waals surface area (Å²) in [5.41, 5.74) is 0.700. The molecule has 0 aromatic heterocycles. The molecule has 1 fully saturated rings. The van der Waals surface area contributed by atoms with Crippen LogP contribution in [0.25, 0.3) is 0 Å². The minimum atomic E-state index is -0.0113. The number of benzene rings is 1. The van der Waals surface area contributed by atoms with Crippen molar-refractivity contribution < 1.29 is 4.79 Å². The van der Waals surface area contributed by atoms with Gasteiger partial charge in [0.05, 0.1) is 5.56 Å². The Bertz CT molecular complexity index is 495. The summed E-state index contributed by atoms with van der Waals surface area (Å²) in [5.74, 6) is -0.0113. The van der Waals surface area contributed by atoms with Gasteiger partial charge in [0.2, 0.25) is 0 Å². The number of carbonyl (C=O) groups excluding carboxylic acids is 1. The minimum Gasteiger partial charge on any atom is -0.352 e. The Labute approximate surface area is 145 Å².